The average molecular weight is 343 g/mol. The second kappa shape index (κ2) is 6.35. The van der Waals surface area contributed by atoms with E-state index in [1.807, 2.05) is 6.33 Å². The normalized spacial score (nSPS) is 12.4. The molecule has 0 bridgehead atoms. The highest BCUT2D eigenvalue weighted by Crippen LogP contribution is 2.41. The summed E-state index contributed by atoms with van der Waals surface area (Å²) < 4.78 is 2.19. The van der Waals surface area contributed by atoms with E-state index in [2.05, 4.69) is 75.7 Å². The molecular formula is C24H27N2+. The van der Waals surface area contributed by atoms with E-state index in [-0.39, 0.29) is 0 Å². The van der Waals surface area contributed by atoms with Gasteiger partial charge in [-0.2, -0.15) is 0 Å². The fourth-order valence-electron chi connectivity index (χ4n) is 4.22. The smallest absolute Gasteiger partial charge is 0.232 e. The van der Waals surface area contributed by atoms with Crippen LogP contribution in [0, 0.1) is 19.8 Å². The minimum absolute atomic E-state index is 0.660. The first-order valence-electron chi connectivity index (χ1n) is 9.52. The van der Waals surface area contributed by atoms with Crippen LogP contribution in [0.1, 0.15) is 41.7 Å². The Kier molecular flexibility index (Phi) is 4.14. The van der Waals surface area contributed by atoms with Gasteiger partial charge in [-0.25, -0.2) is 4.57 Å². The number of hydrogen-bond donors (Lipinski definition) is 0. The van der Waals surface area contributed by atoms with E-state index in [1.165, 1.54) is 50.3 Å². The van der Waals surface area contributed by atoms with Crippen LogP contribution in [0.5, 0.6) is 0 Å². The lowest BCUT2D eigenvalue weighted by molar-refractivity contribution is -0.663. The van der Waals surface area contributed by atoms with E-state index in [9.17, 15) is 0 Å². The molecule has 2 nitrogen and oxygen atoms in total. The number of nitrogens with zero attached hydrogens (tertiary/aromatic N) is 2. The lowest BCUT2D eigenvalue weighted by Gasteiger charge is -2.11. The second-order valence-corrected chi connectivity index (χ2v) is 8.07. The molecule has 0 saturated heterocycles. The van der Waals surface area contributed by atoms with Gasteiger partial charge in [0.25, 0.3) is 6.33 Å². The van der Waals surface area contributed by atoms with Gasteiger partial charge >= 0.3 is 0 Å². The molecule has 0 N–H and O–H groups in total. The Labute approximate surface area is 156 Å². The molecule has 0 unspecified atom stereocenters. The zero-order valence-electron chi connectivity index (χ0n) is 16.4. The fourth-order valence-corrected chi connectivity index (χ4v) is 4.22. The Morgan fingerprint density at radius 2 is 1.85 bits per heavy atom. The molecular weight excluding hydrogens is 316 g/mol. The van der Waals surface area contributed by atoms with Gasteiger partial charge in [0.2, 0.25) is 0 Å². The van der Waals surface area contributed by atoms with Crippen molar-refractivity contribution in [1.29, 1.82) is 0 Å². The number of rotatable bonds is 3. The summed E-state index contributed by atoms with van der Waals surface area (Å²) in [5, 5.41) is 0. The number of benzene rings is 2. The first-order chi connectivity index (χ1) is 12.5. The molecule has 0 saturated carbocycles. The highest BCUT2D eigenvalue weighted by atomic mass is 15.0. The Hall–Kier alpha value is -2.48. The zero-order valence-corrected chi connectivity index (χ0v) is 16.4. The molecule has 1 aliphatic carbocycles. The Morgan fingerprint density at radius 1 is 1.04 bits per heavy atom. The lowest BCUT2D eigenvalue weighted by atomic mass is 9.94. The number of hydrogen-bond acceptors (Lipinski definition) is 1. The van der Waals surface area contributed by atoms with Crippen LogP contribution >= 0.6 is 0 Å². The van der Waals surface area contributed by atoms with Crippen LogP contribution < -0.4 is 4.57 Å². The highest BCUT2D eigenvalue weighted by molar-refractivity contribution is 5.81. The molecule has 1 aliphatic rings. The molecule has 0 fully saturated rings. The van der Waals surface area contributed by atoms with E-state index in [1.54, 1.807) is 0 Å². The van der Waals surface area contributed by atoms with Crippen molar-refractivity contribution < 1.29 is 4.57 Å². The Balaban J connectivity index is 1.92. The molecule has 4 rings (SSSR count). The quantitative estimate of drug-likeness (QED) is 0.480. The van der Waals surface area contributed by atoms with Crippen molar-refractivity contribution in [3.8, 4) is 22.5 Å². The van der Waals surface area contributed by atoms with Crippen molar-refractivity contribution in [2.75, 3.05) is 0 Å². The lowest BCUT2D eigenvalue weighted by Crippen LogP contribution is -2.33. The van der Waals surface area contributed by atoms with Crippen LogP contribution in [0.3, 0.4) is 0 Å². The third-order valence-electron chi connectivity index (χ3n) is 5.44. The van der Waals surface area contributed by atoms with E-state index in [0.29, 0.717) is 5.92 Å². The summed E-state index contributed by atoms with van der Waals surface area (Å²) in [6, 6.07) is 13.5. The van der Waals surface area contributed by atoms with Gasteiger partial charge in [-0.15, -0.1) is 0 Å². The zero-order chi connectivity index (χ0) is 18.4. The minimum atomic E-state index is 0.660. The third kappa shape index (κ3) is 2.74. The van der Waals surface area contributed by atoms with Gasteiger partial charge in [-0.1, -0.05) is 49.7 Å². The molecule has 0 amide bonds. The SMILES string of the molecule is Cc1ccc(C)c(-c2c3c(nc[n+]2C)-c2cccc(CC(C)C)c2C3)c1. The van der Waals surface area contributed by atoms with E-state index in [0.717, 1.165) is 12.8 Å². The molecule has 0 spiro atoms. The first-order valence-corrected chi connectivity index (χ1v) is 9.52. The van der Waals surface area contributed by atoms with Gasteiger partial charge < -0.3 is 0 Å². The van der Waals surface area contributed by atoms with E-state index >= 15 is 0 Å². The minimum Gasteiger partial charge on any atom is -0.232 e. The van der Waals surface area contributed by atoms with Crippen LogP contribution in [-0.2, 0) is 19.9 Å². The molecule has 3 aromatic rings. The molecule has 1 aromatic heterocycles. The van der Waals surface area contributed by atoms with Crippen molar-refractivity contribution in [3.63, 3.8) is 0 Å². The average Bonchev–Trinajstić information content (AvgIpc) is 2.96. The fraction of sp³-hybridized carbons (Fsp3) is 0.333. The van der Waals surface area contributed by atoms with E-state index < -0.39 is 0 Å². The molecule has 132 valence electrons. The summed E-state index contributed by atoms with van der Waals surface area (Å²) in [5.41, 5.74) is 12.1. The van der Waals surface area contributed by atoms with Gasteiger partial charge in [0.15, 0.2) is 5.69 Å². The summed E-state index contributed by atoms with van der Waals surface area (Å²) in [7, 11) is 2.11. The maximum absolute atomic E-state index is 4.82. The summed E-state index contributed by atoms with van der Waals surface area (Å²) in [6.07, 6.45) is 4.08. The third-order valence-corrected chi connectivity index (χ3v) is 5.44. The molecule has 2 heteroatoms. The summed E-state index contributed by atoms with van der Waals surface area (Å²) in [4.78, 5) is 4.82. The van der Waals surface area contributed by atoms with Crippen molar-refractivity contribution in [1.82, 2.24) is 4.98 Å². The van der Waals surface area contributed by atoms with Gasteiger partial charge in [0.1, 0.15) is 5.69 Å². The highest BCUT2D eigenvalue weighted by Gasteiger charge is 2.31. The predicted molar refractivity (Wildman–Crippen MR) is 107 cm³/mol. The Bertz CT molecular complexity index is 999. The standard InChI is InChI=1S/C24H27N2/c1-15(2)11-18-7-6-8-19-21(18)13-22-23(19)25-14-26(5)24(22)20-12-16(3)9-10-17(20)4/h6-10,12,14-15H,11,13H2,1-5H3/q+1. The first kappa shape index (κ1) is 17.0. The number of aromatic nitrogens is 2. The van der Waals surface area contributed by atoms with Crippen molar-refractivity contribution in [2.24, 2.45) is 13.0 Å². The maximum atomic E-state index is 4.82. The van der Waals surface area contributed by atoms with Crippen LogP contribution in [-0.4, -0.2) is 4.98 Å². The summed E-state index contributed by atoms with van der Waals surface area (Å²) in [5.74, 6) is 0.660. The molecule has 0 atom stereocenters. The van der Waals surface area contributed by atoms with Crippen molar-refractivity contribution >= 4 is 0 Å². The van der Waals surface area contributed by atoms with Crippen molar-refractivity contribution in [2.45, 2.75) is 40.5 Å². The molecule has 26 heavy (non-hydrogen) atoms. The summed E-state index contributed by atoms with van der Waals surface area (Å²) >= 11 is 0. The molecule has 0 aliphatic heterocycles. The summed E-state index contributed by atoms with van der Waals surface area (Å²) in [6.45, 7) is 8.95. The second-order valence-electron chi connectivity index (χ2n) is 8.07. The van der Waals surface area contributed by atoms with Crippen LogP contribution in [0.4, 0.5) is 0 Å². The topological polar surface area (TPSA) is 16.8 Å². The molecule has 1 heterocycles. The molecule has 0 radical (unpaired) electrons. The number of aryl methyl sites for hydroxylation is 3. The van der Waals surface area contributed by atoms with Gasteiger partial charge in [0.05, 0.1) is 12.6 Å². The largest absolute Gasteiger partial charge is 0.287 e. The van der Waals surface area contributed by atoms with Crippen molar-refractivity contribution in [3.05, 3.63) is 70.5 Å². The van der Waals surface area contributed by atoms with Crippen LogP contribution in [0.2, 0.25) is 0 Å². The van der Waals surface area contributed by atoms with Crippen LogP contribution in [0.15, 0.2) is 42.7 Å². The van der Waals surface area contributed by atoms with Gasteiger partial charge in [-0.05, 0) is 53.9 Å². The van der Waals surface area contributed by atoms with E-state index in [4.69, 9.17) is 4.98 Å². The Morgan fingerprint density at radius 3 is 2.62 bits per heavy atom. The monoisotopic (exact) mass is 343 g/mol. The predicted octanol–water partition coefficient (Wildman–Crippen LogP) is 4.96. The van der Waals surface area contributed by atoms with Gasteiger partial charge in [-0.3, -0.25) is 0 Å². The number of fused-ring (bicyclic) bond motifs is 3. The molecule has 2 aromatic carbocycles. The maximum Gasteiger partial charge on any atom is 0.287 e. The van der Waals surface area contributed by atoms with Gasteiger partial charge in [0, 0.05) is 17.5 Å². The van der Waals surface area contributed by atoms with Crippen LogP contribution in [0.25, 0.3) is 22.5 Å².